The van der Waals surface area contributed by atoms with Crippen LogP contribution in [-0.2, 0) is 23.7 Å². The highest BCUT2D eigenvalue weighted by atomic mass is 16.7. The van der Waals surface area contributed by atoms with Crippen LogP contribution in [0.25, 0.3) is 0 Å². The first kappa shape index (κ1) is 76.7. The third-order valence-corrected chi connectivity index (χ3v) is 15.4. The largest absolute Gasteiger partial charge is 0.394 e. The minimum absolute atomic E-state index is 0.258. The molecule has 84 heavy (non-hydrogen) atoms. The molecular weight excluding hydrogens is 1060 g/mol. The lowest BCUT2D eigenvalue weighted by Gasteiger charge is -2.46. The molecule has 0 aliphatic carbocycles. The topological polar surface area (TPSA) is 228 Å². The summed E-state index contributed by atoms with van der Waals surface area (Å²) < 4.78 is 22.8. The Bertz CT molecular complexity index is 1820. The molecule has 0 spiro atoms. The molecule has 14 heteroatoms. The van der Waals surface area contributed by atoms with E-state index in [2.05, 4.69) is 116 Å². The molecule has 2 aliphatic heterocycles. The molecule has 12 atom stereocenters. The maximum Gasteiger partial charge on any atom is 0.220 e. The lowest BCUT2D eigenvalue weighted by Crippen LogP contribution is -2.65. The summed E-state index contributed by atoms with van der Waals surface area (Å²) in [5.74, 6) is -0.258. The van der Waals surface area contributed by atoms with Gasteiger partial charge in [-0.25, -0.2) is 0 Å². The van der Waals surface area contributed by atoms with Gasteiger partial charge in [-0.2, -0.15) is 0 Å². The van der Waals surface area contributed by atoms with Crippen LogP contribution in [0.3, 0.4) is 0 Å². The highest BCUT2D eigenvalue weighted by molar-refractivity contribution is 5.76. The maximum absolute atomic E-state index is 13.3. The zero-order chi connectivity index (χ0) is 60.9. The Kier molecular flexibility index (Phi) is 49.2. The van der Waals surface area contributed by atoms with Crippen molar-refractivity contribution >= 4 is 5.91 Å². The van der Waals surface area contributed by atoms with Gasteiger partial charge < -0.3 is 65.1 Å². The highest BCUT2D eigenvalue weighted by Gasteiger charge is 2.51. The highest BCUT2D eigenvalue weighted by Crippen LogP contribution is 2.30. The standard InChI is InChI=1S/C70H119NO13/c1-3-5-7-9-11-13-15-17-19-21-22-23-24-25-26-27-28-29-30-31-32-33-34-35-36-38-40-42-44-46-48-50-52-54-62(75)71-58(59(74)53-51-49-47-45-43-41-39-37-20-18-16-14-12-10-8-6-4-2)57-81-69-67(80)65(78)68(61(56-73)83-69)84-70-66(79)64(77)63(76)60(55-72)82-70/h5,7,11,13,17,19-20,22-23,25-26,28-29,37,43,45,51,53,58-61,63-70,72-74,76-80H,3-4,6,8-10,12,14-16,18,21,24,27,30-36,38-42,44,46-50,52,54-57H2,1-2H3,(H,71,75)/b7-5-,13-11-,19-17-,23-22-,26-25-,29-28-,37-20+,45-43+,53-51+. The van der Waals surface area contributed by atoms with Crippen LogP contribution in [0.2, 0.25) is 0 Å². The molecule has 0 aromatic carbocycles. The van der Waals surface area contributed by atoms with Gasteiger partial charge in [0.05, 0.1) is 32.0 Å². The lowest BCUT2D eigenvalue weighted by atomic mass is 9.97. The van der Waals surface area contributed by atoms with E-state index in [0.29, 0.717) is 12.8 Å². The normalized spacial score (nSPS) is 24.4. The Morgan fingerprint density at radius 1 is 0.440 bits per heavy atom. The van der Waals surface area contributed by atoms with Crippen molar-refractivity contribution in [2.75, 3.05) is 19.8 Å². The number of aliphatic hydroxyl groups is 8. The number of nitrogens with one attached hydrogen (secondary N) is 1. The molecule has 2 heterocycles. The fourth-order valence-corrected chi connectivity index (χ4v) is 10.2. The van der Waals surface area contributed by atoms with Gasteiger partial charge in [0.15, 0.2) is 12.6 Å². The van der Waals surface area contributed by atoms with Gasteiger partial charge in [0.2, 0.25) is 5.91 Å². The van der Waals surface area contributed by atoms with Crippen molar-refractivity contribution in [3.05, 3.63) is 109 Å². The summed E-state index contributed by atoms with van der Waals surface area (Å²) in [7, 11) is 0. The van der Waals surface area contributed by atoms with E-state index in [0.717, 1.165) is 83.5 Å². The quantitative estimate of drug-likeness (QED) is 0.0204. The summed E-state index contributed by atoms with van der Waals surface area (Å²) >= 11 is 0. The minimum Gasteiger partial charge on any atom is -0.394 e. The average Bonchev–Trinajstić information content (AvgIpc) is 3.17. The number of ether oxygens (including phenoxy) is 4. The van der Waals surface area contributed by atoms with Crippen LogP contribution >= 0.6 is 0 Å². The van der Waals surface area contributed by atoms with E-state index in [1.807, 2.05) is 6.08 Å². The smallest absolute Gasteiger partial charge is 0.220 e. The number of unbranched alkanes of at least 4 members (excludes halogenated alkanes) is 23. The van der Waals surface area contributed by atoms with Crippen LogP contribution in [-0.4, -0.2) is 140 Å². The number of aliphatic hydroxyl groups excluding tert-OH is 8. The van der Waals surface area contributed by atoms with E-state index >= 15 is 0 Å². The van der Waals surface area contributed by atoms with E-state index < -0.39 is 86.8 Å². The summed E-state index contributed by atoms with van der Waals surface area (Å²) in [6, 6.07) is -0.945. The molecule has 2 aliphatic rings. The maximum atomic E-state index is 13.3. The number of hydrogen-bond donors (Lipinski definition) is 9. The third kappa shape index (κ3) is 38.0. The van der Waals surface area contributed by atoms with Crippen molar-refractivity contribution in [1.82, 2.24) is 5.32 Å². The predicted molar refractivity (Wildman–Crippen MR) is 341 cm³/mol. The zero-order valence-electron chi connectivity index (χ0n) is 52.1. The first-order valence-electron chi connectivity index (χ1n) is 33.1. The summed E-state index contributed by atoms with van der Waals surface area (Å²) in [6.45, 7) is 2.65. The zero-order valence-corrected chi connectivity index (χ0v) is 52.1. The van der Waals surface area contributed by atoms with Gasteiger partial charge in [-0.15, -0.1) is 0 Å². The van der Waals surface area contributed by atoms with Gasteiger partial charge in [-0.05, 0) is 96.3 Å². The number of carbonyl (C=O) groups excluding carboxylic acids is 1. The van der Waals surface area contributed by atoms with E-state index in [-0.39, 0.29) is 18.9 Å². The Morgan fingerprint density at radius 3 is 1.31 bits per heavy atom. The van der Waals surface area contributed by atoms with Gasteiger partial charge in [0, 0.05) is 6.42 Å². The summed E-state index contributed by atoms with van der Waals surface area (Å²) in [5.41, 5.74) is 0. The van der Waals surface area contributed by atoms with Crippen molar-refractivity contribution in [3.63, 3.8) is 0 Å². The summed E-state index contributed by atoms with van der Waals surface area (Å²) in [6.07, 6.45) is 59.9. The number of allylic oxidation sites excluding steroid dienone is 17. The number of amides is 1. The molecular formula is C70H119NO13. The number of hydrogen-bond acceptors (Lipinski definition) is 13. The van der Waals surface area contributed by atoms with E-state index in [1.54, 1.807) is 6.08 Å². The molecule has 0 bridgehead atoms. The molecule has 12 unspecified atom stereocenters. The van der Waals surface area contributed by atoms with Crippen molar-refractivity contribution in [2.45, 2.75) is 306 Å². The van der Waals surface area contributed by atoms with Gasteiger partial charge in [0.1, 0.15) is 48.8 Å². The van der Waals surface area contributed by atoms with E-state index in [9.17, 15) is 45.6 Å². The van der Waals surface area contributed by atoms with Crippen molar-refractivity contribution in [1.29, 1.82) is 0 Å². The van der Waals surface area contributed by atoms with Gasteiger partial charge in [-0.1, -0.05) is 239 Å². The van der Waals surface area contributed by atoms with Gasteiger partial charge in [-0.3, -0.25) is 4.79 Å². The Balaban J connectivity index is 1.68. The molecule has 1 amide bonds. The molecule has 2 rings (SSSR count). The molecule has 0 aromatic rings. The molecule has 2 saturated heterocycles. The van der Waals surface area contributed by atoms with Crippen LogP contribution in [0, 0.1) is 0 Å². The first-order chi connectivity index (χ1) is 41.1. The summed E-state index contributed by atoms with van der Waals surface area (Å²) in [5, 5.41) is 87.2. The first-order valence-corrected chi connectivity index (χ1v) is 33.1. The molecule has 0 aromatic heterocycles. The van der Waals surface area contributed by atoms with Crippen LogP contribution in [0.4, 0.5) is 0 Å². The van der Waals surface area contributed by atoms with Gasteiger partial charge >= 0.3 is 0 Å². The molecule has 14 nitrogen and oxygen atoms in total. The second-order valence-corrected chi connectivity index (χ2v) is 22.8. The molecule has 482 valence electrons. The molecule has 9 N–H and O–H groups in total. The second-order valence-electron chi connectivity index (χ2n) is 22.8. The number of carbonyl (C=O) groups is 1. The third-order valence-electron chi connectivity index (χ3n) is 15.4. The fourth-order valence-electron chi connectivity index (χ4n) is 10.2. The van der Waals surface area contributed by atoms with Crippen LogP contribution in [0.1, 0.15) is 232 Å². The predicted octanol–water partition coefficient (Wildman–Crippen LogP) is 12.8. The van der Waals surface area contributed by atoms with Crippen LogP contribution in [0.5, 0.6) is 0 Å². The Labute approximate surface area is 508 Å². The molecule has 0 saturated carbocycles. The number of rotatable bonds is 52. The van der Waals surface area contributed by atoms with E-state index in [1.165, 1.54) is 116 Å². The van der Waals surface area contributed by atoms with Crippen LogP contribution < -0.4 is 5.32 Å². The molecule has 0 radical (unpaired) electrons. The average molecular weight is 1180 g/mol. The van der Waals surface area contributed by atoms with Gasteiger partial charge in [0.25, 0.3) is 0 Å². The fraction of sp³-hybridized carbons (Fsp3) is 0.729. The summed E-state index contributed by atoms with van der Waals surface area (Å²) in [4.78, 5) is 13.3. The van der Waals surface area contributed by atoms with Crippen molar-refractivity contribution in [3.8, 4) is 0 Å². The van der Waals surface area contributed by atoms with E-state index in [4.69, 9.17) is 18.9 Å². The van der Waals surface area contributed by atoms with Crippen LogP contribution in [0.15, 0.2) is 109 Å². The van der Waals surface area contributed by atoms with Crippen molar-refractivity contribution in [2.24, 2.45) is 0 Å². The Hall–Kier alpha value is -3.35. The molecule has 2 fully saturated rings. The minimum atomic E-state index is -1.80. The van der Waals surface area contributed by atoms with Crippen molar-refractivity contribution < 1.29 is 64.6 Å². The monoisotopic (exact) mass is 1180 g/mol. The SMILES string of the molecule is CC/C=C\C/C=C\C/C=C\C/C=C\C/C=C\C/C=C\CCCCCCCCCCCCCCCCC(=O)NC(COC1OC(CO)C(OC2OC(CO)C(O)C(O)C2O)C(O)C1O)C(O)/C=C/CC/C=C/CC/C=C/CCCCCCCCC. The lowest BCUT2D eigenvalue weighted by molar-refractivity contribution is -0.359. The Morgan fingerprint density at radius 2 is 0.833 bits per heavy atom. The second kappa shape index (κ2) is 53.9.